The van der Waals surface area contributed by atoms with Crippen LogP contribution in [0, 0.1) is 0 Å². The van der Waals surface area contributed by atoms with Crippen molar-refractivity contribution in [2.45, 2.75) is 168 Å². The van der Waals surface area contributed by atoms with Crippen LogP contribution in [-0.4, -0.2) is 23.1 Å². The monoisotopic (exact) mass is 610 g/mol. The standard InChI is InChI=1S/C40H66O4/c1-3-5-7-8-9-10-11-12-13-14-15-16-17-18-19-20-21-22-26-29-33-37-40(43)44-38(34-30-6-4-2)35-31-27-24-23-25-28-32-36-39(41)42/h5,7,9-10,12-13,15-16,18-19,21-22,38H,3-4,6,8,11,14,17,20,23-37H2,1-2H3,(H,41,42)/b7-5-,10-9-,13-12-,16-15-,19-18-,22-21-. The molecule has 250 valence electrons. The van der Waals surface area contributed by atoms with Crippen LogP contribution in [0.2, 0.25) is 0 Å². The molecule has 0 aliphatic rings. The molecule has 1 unspecified atom stereocenters. The number of hydrogen-bond donors (Lipinski definition) is 1. The molecule has 0 saturated heterocycles. The van der Waals surface area contributed by atoms with Crippen LogP contribution in [-0.2, 0) is 14.3 Å². The Hall–Kier alpha value is -2.62. The zero-order chi connectivity index (χ0) is 32.2. The maximum absolute atomic E-state index is 12.5. The Balaban J connectivity index is 3.89. The van der Waals surface area contributed by atoms with Gasteiger partial charge in [-0.2, -0.15) is 0 Å². The van der Waals surface area contributed by atoms with Gasteiger partial charge in [0.1, 0.15) is 6.10 Å². The number of rotatable bonds is 31. The Bertz CT molecular complexity index is 830. The van der Waals surface area contributed by atoms with Gasteiger partial charge in [-0.15, -0.1) is 0 Å². The molecule has 4 heteroatoms. The molecule has 0 aromatic heterocycles. The normalized spacial score (nSPS) is 13.1. The third kappa shape index (κ3) is 33.9. The highest BCUT2D eigenvalue weighted by atomic mass is 16.5. The lowest BCUT2D eigenvalue weighted by atomic mass is 10.0. The minimum atomic E-state index is -0.696. The molecule has 0 rings (SSSR count). The molecule has 0 aromatic rings. The summed E-state index contributed by atoms with van der Waals surface area (Å²) < 4.78 is 5.89. The number of carbonyl (C=O) groups is 2. The third-order valence-corrected chi connectivity index (χ3v) is 7.44. The molecular formula is C40H66O4. The molecule has 1 N–H and O–H groups in total. The van der Waals surface area contributed by atoms with E-state index >= 15 is 0 Å². The molecule has 0 radical (unpaired) electrons. The summed E-state index contributed by atoms with van der Waals surface area (Å²) in [5.41, 5.74) is 0. The summed E-state index contributed by atoms with van der Waals surface area (Å²) in [4.78, 5) is 23.0. The number of hydrogen-bond acceptors (Lipinski definition) is 3. The van der Waals surface area contributed by atoms with E-state index in [9.17, 15) is 9.59 Å². The van der Waals surface area contributed by atoms with Crippen LogP contribution >= 0.6 is 0 Å². The first kappa shape index (κ1) is 41.4. The van der Waals surface area contributed by atoms with E-state index < -0.39 is 5.97 Å². The van der Waals surface area contributed by atoms with Crippen LogP contribution < -0.4 is 0 Å². The maximum Gasteiger partial charge on any atom is 0.306 e. The lowest BCUT2D eigenvalue weighted by molar-refractivity contribution is -0.150. The van der Waals surface area contributed by atoms with Crippen molar-refractivity contribution >= 4 is 11.9 Å². The summed E-state index contributed by atoms with van der Waals surface area (Å²) in [5.74, 6) is -0.730. The van der Waals surface area contributed by atoms with Crippen molar-refractivity contribution in [3.63, 3.8) is 0 Å². The van der Waals surface area contributed by atoms with Crippen LogP contribution in [0.15, 0.2) is 72.9 Å². The van der Waals surface area contributed by atoms with E-state index in [0.29, 0.717) is 6.42 Å². The quantitative estimate of drug-likeness (QED) is 0.0482. The molecule has 0 spiro atoms. The number of carboxylic acid groups (broad SMARTS) is 1. The summed E-state index contributed by atoms with van der Waals surface area (Å²) in [6, 6.07) is 0. The minimum Gasteiger partial charge on any atom is -0.481 e. The van der Waals surface area contributed by atoms with Gasteiger partial charge < -0.3 is 9.84 Å². The van der Waals surface area contributed by atoms with Crippen molar-refractivity contribution in [1.29, 1.82) is 0 Å². The highest BCUT2D eigenvalue weighted by Crippen LogP contribution is 2.17. The second kappa shape index (κ2) is 34.9. The van der Waals surface area contributed by atoms with E-state index in [1.165, 1.54) is 19.3 Å². The van der Waals surface area contributed by atoms with E-state index in [4.69, 9.17) is 9.84 Å². The first-order valence-corrected chi connectivity index (χ1v) is 17.9. The van der Waals surface area contributed by atoms with Crippen LogP contribution in [0.25, 0.3) is 0 Å². The lowest BCUT2D eigenvalue weighted by Gasteiger charge is -2.18. The van der Waals surface area contributed by atoms with Crippen LogP contribution in [0.4, 0.5) is 0 Å². The molecular weight excluding hydrogens is 544 g/mol. The number of carboxylic acids is 1. The van der Waals surface area contributed by atoms with Gasteiger partial charge in [0.2, 0.25) is 0 Å². The smallest absolute Gasteiger partial charge is 0.306 e. The first-order valence-electron chi connectivity index (χ1n) is 17.9. The largest absolute Gasteiger partial charge is 0.481 e. The molecule has 0 saturated carbocycles. The van der Waals surface area contributed by atoms with Gasteiger partial charge in [-0.05, 0) is 89.9 Å². The summed E-state index contributed by atoms with van der Waals surface area (Å²) in [7, 11) is 0. The van der Waals surface area contributed by atoms with Crippen molar-refractivity contribution in [2.24, 2.45) is 0 Å². The van der Waals surface area contributed by atoms with E-state index in [-0.39, 0.29) is 18.5 Å². The molecule has 0 amide bonds. The van der Waals surface area contributed by atoms with E-state index in [1.54, 1.807) is 0 Å². The van der Waals surface area contributed by atoms with E-state index in [2.05, 4.69) is 86.8 Å². The van der Waals surface area contributed by atoms with Crippen molar-refractivity contribution in [3.05, 3.63) is 72.9 Å². The fourth-order valence-electron chi connectivity index (χ4n) is 4.83. The average molecular weight is 611 g/mol. The van der Waals surface area contributed by atoms with Gasteiger partial charge in [0.05, 0.1) is 0 Å². The fourth-order valence-corrected chi connectivity index (χ4v) is 4.83. The molecule has 0 heterocycles. The van der Waals surface area contributed by atoms with Gasteiger partial charge in [0, 0.05) is 12.8 Å². The van der Waals surface area contributed by atoms with Gasteiger partial charge in [-0.3, -0.25) is 9.59 Å². The lowest BCUT2D eigenvalue weighted by Crippen LogP contribution is -2.18. The summed E-state index contributed by atoms with van der Waals surface area (Å²) in [5, 5.41) is 8.70. The predicted molar refractivity (Wildman–Crippen MR) is 190 cm³/mol. The maximum atomic E-state index is 12.5. The number of esters is 1. The Kier molecular flexibility index (Phi) is 32.8. The Labute approximate surface area is 271 Å². The van der Waals surface area contributed by atoms with Gasteiger partial charge in [-0.25, -0.2) is 0 Å². The first-order chi connectivity index (χ1) is 21.6. The highest BCUT2D eigenvalue weighted by molar-refractivity contribution is 5.69. The molecule has 44 heavy (non-hydrogen) atoms. The van der Waals surface area contributed by atoms with Gasteiger partial charge in [0.15, 0.2) is 0 Å². The van der Waals surface area contributed by atoms with E-state index in [0.717, 1.165) is 116 Å². The SMILES string of the molecule is CC/C=C\C/C=C\C/C=C\C/C=C\C/C=C\C/C=C\CCCCC(=O)OC(CCCCC)CCCCCCCCCC(=O)O. The summed E-state index contributed by atoms with van der Waals surface area (Å²) in [6.07, 6.45) is 49.4. The van der Waals surface area contributed by atoms with Gasteiger partial charge in [-0.1, -0.05) is 132 Å². The number of carbonyl (C=O) groups excluding carboxylic acids is 1. The highest BCUT2D eigenvalue weighted by Gasteiger charge is 2.14. The molecule has 0 bridgehead atoms. The second-order valence-electron chi connectivity index (χ2n) is 11.7. The molecule has 0 fully saturated rings. The van der Waals surface area contributed by atoms with Crippen LogP contribution in [0.5, 0.6) is 0 Å². The minimum absolute atomic E-state index is 0.0345. The molecule has 0 aliphatic heterocycles. The number of allylic oxidation sites excluding steroid dienone is 12. The zero-order valence-corrected chi connectivity index (χ0v) is 28.4. The molecule has 4 nitrogen and oxygen atoms in total. The third-order valence-electron chi connectivity index (χ3n) is 7.44. The van der Waals surface area contributed by atoms with Gasteiger partial charge in [0.25, 0.3) is 0 Å². The Morgan fingerprint density at radius 2 is 0.955 bits per heavy atom. The molecule has 0 aromatic carbocycles. The van der Waals surface area contributed by atoms with Crippen LogP contribution in [0.1, 0.15) is 162 Å². The molecule has 1 atom stereocenters. The number of aliphatic carboxylic acids is 1. The van der Waals surface area contributed by atoms with E-state index in [1.807, 2.05) is 0 Å². The average Bonchev–Trinajstić information content (AvgIpc) is 3.00. The number of ether oxygens (including phenoxy) is 1. The predicted octanol–water partition coefficient (Wildman–Crippen LogP) is 12.3. The van der Waals surface area contributed by atoms with Crippen molar-refractivity contribution in [1.82, 2.24) is 0 Å². The van der Waals surface area contributed by atoms with Gasteiger partial charge >= 0.3 is 11.9 Å². The Morgan fingerprint density at radius 3 is 1.45 bits per heavy atom. The van der Waals surface area contributed by atoms with Crippen molar-refractivity contribution in [2.75, 3.05) is 0 Å². The van der Waals surface area contributed by atoms with Crippen LogP contribution in [0.3, 0.4) is 0 Å². The topological polar surface area (TPSA) is 63.6 Å². The Morgan fingerprint density at radius 1 is 0.523 bits per heavy atom. The summed E-state index contributed by atoms with van der Waals surface area (Å²) in [6.45, 7) is 4.36. The second-order valence-corrected chi connectivity index (χ2v) is 11.7. The van der Waals surface area contributed by atoms with Crippen molar-refractivity contribution in [3.8, 4) is 0 Å². The number of unbranched alkanes of at least 4 members (excludes halogenated alkanes) is 10. The fraction of sp³-hybridized carbons (Fsp3) is 0.650. The zero-order valence-electron chi connectivity index (χ0n) is 28.4. The summed E-state index contributed by atoms with van der Waals surface area (Å²) >= 11 is 0. The molecule has 0 aliphatic carbocycles. The van der Waals surface area contributed by atoms with Crippen molar-refractivity contribution < 1.29 is 19.4 Å².